The molecule has 0 atom stereocenters. The van der Waals surface area contributed by atoms with Crippen molar-refractivity contribution >= 4 is 5.69 Å². The summed E-state index contributed by atoms with van der Waals surface area (Å²) in [6.07, 6.45) is 0.723. The first-order valence-corrected chi connectivity index (χ1v) is 9.99. The van der Waals surface area contributed by atoms with Crippen molar-refractivity contribution in [1.29, 1.82) is 0 Å². The molecular weight excluding hydrogens is 366 g/mol. The molecule has 1 aromatic heterocycles. The largest absolute Gasteiger partial charge is 0.495 e. The summed E-state index contributed by atoms with van der Waals surface area (Å²) in [6.45, 7) is 6.75. The summed E-state index contributed by atoms with van der Waals surface area (Å²) in [5, 5.41) is 6.85. The Morgan fingerprint density at radius 3 is 2.48 bits per heavy atom. The molecule has 0 amide bonds. The molecule has 0 saturated carbocycles. The molecule has 152 valence electrons. The van der Waals surface area contributed by atoms with E-state index in [1.165, 1.54) is 5.56 Å². The number of benzene rings is 2. The Balaban J connectivity index is 1.38. The van der Waals surface area contributed by atoms with Crippen LogP contribution in [0.4, 0.5) is 5.69 Å². The molecule has 29 heavy (non-hydrogen) atoms. The van der Waals surface area contributed by atoms with Crippen LogP contribution in [0.5, 0.6) is 5.75 Å². The molecule has 7 nitrogen and oxygen atoms in total. The monoisotopic (exact) mass is 393 g/mol. The molecule has 2 aromatic carbocycles. The second-order valence-electron chi connectivity index (χ2n) is 7.37. The predicted octanol–water partition coefficient (Wildman–Crippen LogP) is 2.24. The lowest BCUT2D eigenvalue weighted by atomic mass is 10.2. The molecule has 0 aliphatic carbocycles. The summed E-state index contributed by atoms with van der Waals surface area (Å²) in [4.78, 5) is 17.0. The fourth-order valence-electron chi connectivity index (χ4n) is 3.82. The first kappa shape index (κ1) is 19.3. The van der Waals surface area contributed by atoms with E-state index in [-0.39, 0.29) is 5.69 Å². The Kier molecular flexibility index (Phi) is 5.67. The highest BCUT2D eigenvalue weighted by molar-refractivity contribution is 5.58. The molecular formula is C22H27N5O2. The Morgan fingerprint density at radius 1 is 1.03 bits per heavy atom. The van der Waals surface area contributed by atoms with Gasteiger partial charge in [0.05, 0.1) is 18.5 Å². The van der Waals surface area contributed by atoms with Gasteiger partial charge in [0.15, 0.2) is 0 Å². The highest BCUT2D eigenvalue weighted by atomic mass is 16.5. The lowest BCUT2D eigenvalue weighted by molar-refractivity contribution is 0.258. The van der Waals surface area contributed by atoms with Gasteiger partial charge in [0.25, 0.3) is 0 Å². The summed E-state index contributed by atoms with van der Waals surface area (Å²) < 4.78 is 7.17. The topological polar surface area (TPSA) is 66.4 Å². The fraction of sp³-hybridized carbons (Fsp3) is 0.364. The second kappa shape index (κ2) is 8.53. The van der Waals surface area contributed by atoms with Crippen LogP contribution < -0.4 is 15.3 Å². The van der Waals surface area contributed by atoms with Gasteiger partial charge in [-0.25, -0.2) is 14.5 Å². The van der Waals surface area contributed by atoms with Gasteiger partial charge in [-0.05, 0) is 31.2 Å². The number of hydrogen-bond acceptors (Lipinski definition) is 5. The predicted molar refractivity (Wildman–Crippen MR) is 114 cm³/mol. The number of aryl methyl sites for hydroxylation is 1. The number of methoxy groups -OCH3 is 1. The minimum absolute atomic E-state index is 0.190. The summed E-state index contributed by atoms with van der Waals surface area (Å²) in [5.41, 5.74) is 2.98. The van der Waals surface area contributed by atoms with Gasteiger partial charge in [-0.2, -0.15) is 5.10 Å². The Bertz CT molecular complexity index is 1000. The number of ether oxygens (including phenoxy) is 1. The van der Waals surface area contributed by atoms with E-state index in [1.807, 2.05) is 49.4 Å². The molecule has 1 aliphatic rings. The van der Waals surface area contributed by atoms with Crippen molar-refractivity contribution in [2.45, 2.75) is 13.3 Å². The maximum atomic E-state index is 12.2. The summed E-state index contributed by atoms with van der Waals surface area (Å²) in [7, 11) is 1.71. The number of piperazine rings is 1. The number of aromatic nitrogens is 3. The molecule has 1 N–H and O–H groups in total. The van der Waals surface area contributed by atoms with Crippen LogP contribution in [0, 0.1) is 6.92 Å². The fourth-order valence-corrected chi connectivity index (χ4v) is 3.82. The number of hydrogen-bond donors (Lipinski definition) is 1. The zero-order valence-electron chi connectivity index (χ0n) is 17.0. The number of anilines is 1. The molecule has 1 saturated heterocycles. The molecule has 1 fully saturated rings. The van der Waals surface area contributed by atoms with Crippen molar-refractivity contribution in [1.82, 2.24) is 19.7 Å². The van der Waals surface area contributed by atoms with Crippen molar-refractivity contribution in [3.63, 3.8) is 0 Å². The smallest absolute Gasteiger partial charge is 0.347 e. The van der Waals surface area contributed by atoms with E-state index in [9.17, 15) is 4.79 Å². The maximum absolute atomic E-state index is 12.2. The normalized spacial score (nSPS) is 14.9. The third-order valence-electron chi connectivity index (χ3n) is 5.48. The summed E-state index contributed by atoms with van der Waals surface area (Å²) in [6, 6.07) is 16.1. The second-order valence-corrected chi connectivity index (χ2v) is 7.37. The van der Waals surface area contributed by atoms with E-state index >= 15 is 0 Å². The van der Waals surface area contributed by atoms with Gasteiger partial charge in [0.2, 0.25) is 0 Å². The van der Waals surface area contributed by atoms with Crippen molar-refractivity contribution in [3.05, 3.63) is 70.4 Å². The summed E-state index contributed by atoms with van der Waals surface area (Å²) in [5.74, 6) is 1.69. The van der Waals surface area contributed by atoms with E-state index in [4.69, 9.17) is 4.74 Å². The number of para-hydroxylation sites is 2. The zero-order valence-corrected chi connectivity index (χ0v) is 17.0. The van der Waals surface area contributed by atoms with Crippen LogP contribution in [0.15, 0.2) is 53.3 Å². The third-order valence-corrected chi connectivity index (χ3v) is 5.48. The average molecular weight is 393 g/mol. The van der Waals surface area contributed by atoms with Crippen LogP contribution in [-0.4, -0.2) is 59.5 Å². The molecule has 0 bridgehead atoms. The first-order valence-electron chi connectivity index (χ1n) is 9.99. The molecule has 3 aromatic rings. The molecule has 2 heterocycles. The minimum Gasteiger partial charge on any atom is -0.495 e. The van der Waals surface area contributed by atoms with Crippen LogP contribution >= 0.6 is 0 Å². The van der Waals surface area contributed by atoms with E-state index in [0.717, 1.165) is 62.1 Å². The molecule has 0 radical (unpaired) electrons. The molecule has 7 heteroatoms. The van der Waals surface area contributed by atoms with Gasteiger partial charge in [0, 0.05) is 39.1 Å². The number of nitrogens with one attached hydrogen (secondary N) is 1. The minimum atomic E-state index is -0.190. The molecule has 1 aliphatic heterocycles. The third kappa shape index (κ3) is 4.19. The van der Waals surface area contributed by atoms with Crippen LogP contribution in [0.3, 0.4) is 0 Å². The van der Waals surface area contributed by atoms with E-state index in [2.05, 4.69) is 26.1 Å². The van der Waals surface area contributed by atoms with Crippen molar-refractivity contribution in [3.8, 4) is 11.4 Å². The van der Waals surface area contributed by atoms with Crippen LogP contribution in [0.2, 0.25) is 0 Å². The van der Waals surface area contributed by atoms with Crippen molar-refractivity contribution in [2.75, 3.05) is 44.7 Å². The van der Waals surface area contributed by atoms with Gasteiger partial charge < -0.3 is 9.64 Å². The quantitative estimate of drug-likeness (QED) is 0.696. The first-order chi connectivity index (χ1) is 14.2. The number of rotatable bonds is 6. The van der Waals surface area contributed by atoms with Gasteiger partial charge in [-0.15, -0.1) is 0 Å². The standard InChI is InChI=1S/C22H27N5O2/c1-17-7-9-18(10-8-17)27-21(23-24-22(27)28)11-12-25-13-15-26(16-14-25)19-5-3-4-6-20(19)29-2/h3-10H,11-16H2,1-2H3,(H,24,28). The van der Waals surface area contributed by atoms with Crippen molar-refractivity contribution in [2.24, 2.45) is 0 Å². The Hall–Kier alpha value is -3.06. The van der Waals surface area contributed by atoms with Crippen molar-refractivity contribution < 1.29 is 4.74 Å². The average Bonchev–Trinajstić information content (AvgIpc) is 3.13. The molecule has 0 spiro atoms. The van der Waals surface area contributed by atoms with E-state index in [0.29, 0.717) is 0 Å². The number of nitrogens with zero attached hydrogens (tertiary/aromatic N) is 4. The highest BCUT2D eigenvalue weighted by Gasteiger charge is 2.20. The molecule has 0 unspecified atom stereocenters. The van der Waals surface area contributed by atoms with Gasteiger partial charge in [-0.3, -0.25) is 4.90 Å². The van der Waals surface area contributed by atoms with E-state index < -0.39 is 0 Å². The highest BCUT2D eigenvalue weighted by Crippen LogP contribution is 2.28. The van der Waals surface area contributed by atoms with Gasteiger partial charge in [-0.1, -0.05) is 29.8 Å². The lowest BCUT2D eigenvalue weighted by Crippen LogP contribution is -2.47. The zero-order chi connectivity index (χ0) is 20.2. The van der Waals surface area contributed by atoms with Crippen LogP contribution in [-0.2, 0) is 6.42 Å². The van der Waals surface area contributed by atoms with E-state index in [1.54, 1.807) is 11.7 Å². The SMILES string of the molecule is COc1ccccc1N1CCN(CCc2n[nH]c(=O)n2-c2ccc(C)cc2)CC1. The van der Waals surface area contributed by atoms with Gasteiger partial charge in [0.1, 0.15) is 11.6 Å². The Morgan fingerprint density at radius 2 is 1.76 bits per heavy atom. The Labute approximate surface area is 170 Å². The maximum Gasteiger partial charge on any atom is 0.347 e. The van der Waals surface area contributed by atoms with Crippen LogP contribution in [0.1, 0.15) is 11.4 Å². The number of aromatic amines is 1. The summed E-state index contributed by atoms with van der Waals surface area (Å²) >= 11 is 0. The lowest BCUT2D eigenvalue weighted by Gasteiger charge is -2.36. The number of H-pyrrole nitrogens is 1. The van der Waals surface area contributed by atoms with Gasteiger partial charge >= 0.3 is 5.69 Å². The molecule has 4 rings (SSSR count). The van der Waals surface area contributed by atoms with Crippen LogP contribution in [0.25, 0.3) is 5.69 Å².